The molecule has 9 heteroatoms. The van der Waals surface area contributed by atoms with Gasteiger partial charge in [0.15, 0.2) is 0 Å². The summed E-state index contributed by atoms with van der Waals surface area (Å²) in [5, 5.41) is 7.96. The van der Waals surface area contributed by atoms with Crippen molar-refractivity contribution in [1.29, 1.82) is 0 Å². The highest BCUT2D eigenvalue weighted by molar-refractivity contribution is 6.20. The van der Waals surface area contributed by atoms with Crippen molar-refractivity contribution in [2.75, 3.05) is 10.6 Å². The molecule has 1 saturated heterocycles. The molecule has 4 rings (SSSR count). The third kappa shape index (κ3) is 5.20. The van der Waals surface area contributed by atoms with Crippen molar-refractivity contribution in [3.8, 4) is 0 Å². The lowest BCUT2D eigenvalue weighted by Crippen LogP contribution is -2.54. The molecular weight excluding hydrogens is 436 g/mol. The second-order valence-corrected chi connectivity index (χ2v) is 8.28. The summed E-state index contributed by atoms with van der Waals surface area (Å²) in [7, 11) is 0. The topological polar surface area (TPSA) is 125 Å². The van der Waals surface area contributed by atoms with Gasteiger partial charge in [-0.2, -0.15) is 0 Å². The summed E-state index contributed by atoms with van der Waals surface area (Å²) in [6, 6.07) is 13.7. The lowest BCUT2D eigenvalue weighted by molar-refractivity contribution is -0.149. The predicted octanol–water partition coefficient (Wildman–Crippen LogP) is 2.04. The van der Waals surface area contributed by atoms with Crippen LogP contribution in [0.1, 0.15) is 30.4 Å². The zero-order valence-corrected chi connectivity index (χ0v) is 18.6. The summed E-state index contributed by atoms with van der Waals surface area (Å²) >= 11 is 0. The second-order valence-electron chi connectivity index (χ2n) is 8.28. The predicted molar refractivity (Wildman–Crippen MR) is 124 cm³/mol. The monoisotopic (exact) mass is 460 g/mol. The highest BCUT2D eigenvalue weighted by Gasteiger charge is 2.42. The number of carbonyl (C=O) groups excluding carboxylic acids is 5. The highest BCUT2D eigenvalue weighted by Crippen LogP contribution is 2.23. The normalized spacial score (nSPS) is 18.0. The Bertz CT molecular complexity index is 1200. The standard InChI is InChI=1S/C25H24N4O5/c1-15-5-8-17(9-6-15)27-21(30)11-7-16-3-2-4-18(13-16)26-19-14-23(32)29(25(19)34)20-10-12-22(31)28-24(20)33/h2-6,8-9,13-14,20,26H,7,10-12H2,1H3,(H,27,30)(H,28,31,33). The van der Waals surface area contributed by atoms with E-state index in [1.54, 1.807) is 18.2 Å². The van der Waals surface area contributed by atoms with Crippen LogP contribution in [-0.4, -0.2) is 40.5 Å². The molecule has 0 radical (unpaired) electrons. The first-order valence-electron chi connectivity index (χ1n) is 11.0. The molecule has 0 spiro atoms. The van der Waals surface area contributed by atoms with Crippen LogP contribution in [-0.2, 0) is 30.4 Å². The maximum Gasteiger partial charge on any atom is 0.278 e. The molecule has 0 aliphatic carbocycles. The van der Waals surface area contributed by atoms with Crippen LogP contribution in [0.3, 0.4) is 0 Å². The summed E-state index contributed by atoms with van der Waals surface area (Å²) < 4.78 is 0. The molecule has 0 aromatic heterocycles. The van der Waals surface area contributed by atoms with Crippen molar-refractivity contribution >= 4 is 40.9 Å². The molecule has 2 aromatic carbocycles. The first-order valence-corrected chi connectivity index (χ1v) is 11.0. The highest BCUT2D eigenvalue weighted by atomic mass is 16.2. The molecule has 1 fully saturated rings. The van der Waals surface area contributed by atoms with E-state index in [1.807, 2.05) is 37.3 Å². The van der Waals surface area contributed by atoms with Crippen molar-refractivity contribution in [1.82, 2.24) is 10.2 Å². The number of nitrogens with one attached hydrogen (secondary N) is 3. The van der Waals surface area contributed by atoms with Crippen LogP contribution in [0.15, 0.2) is 60.3 Å². The molecule has 1 atom stereocenters. The third-order valence-corrected chi connectivity index (χ3v) is 5.66. The van der Waals surface area contributed by atoms with Gasteiger partial charge in [-0.05, 0) is 49.6 Å². The van der Waals surface area contributed by atoms with Gasteiger partial charge in [0.25, 0.3) is 11.8 Å². The molecule has 2 aliphatic heterocycles. The Morgan fingerprint density at radius 3 is 2.56 bits per heavy atom. The number of anilines is 2. The Balaban J connectivity index is 1.35. The smallest absolute Gasteiger partial charge is 0.278 e. The fourth-order valence-electron chi connectivity index (χ4n) is 3.88. The minimum absolute atomic E-state index is 0.0453. The van der Waals surface area contributed by atoms with Gasteiger partial charge in [-0.3, -0.25) is 34.2 Å². The maximum absolute atomic E-state index is 12.8. The SMILES string of the molecule is Cc1ccc(NC(=O)CCc2cccc(NC3=CC(=O)N(C4CCC(=O)NC4=O)C3=O)c2)cc1. The number of nitrogens with zero attached hydrogens (tertiary/aromatic N) is 1. The molecule has 2 heterocycles. The van der Waals surface area contributed by atoms with Crippen LogP contribution in [0, 0.1) is 6.92 Å². The largest absolute Gasteiger partial charge is 0.351 e. The van der Waals surface area contributed by atoms with E-state index in [-0.39, 0.29) is 30.9 Å². The molecule has 3 N–H and O–H groups in total. The van der Waals surface area contributed by atoms with E-state index in [2.05, 4.69) is 16.0 Å². The van der Waals surface area contributed by atoms with Gasteiger partial charge in [-0.1, -0.05) is 29.8 Å². The van der Waals surface area contributed by atoms with Crippen molar-refractivity contribution in [2.45, 2.75) is 38.6 Å². The minimum atomic E-state index is -1.01. The number of carbonyl (C=O) groups is 5. The van der Waals surface area contributed by atoms with Gasteiger partial charge >= 0.3 is 0 Å². The van der Waals surface area contributed by atoms with Crippen molar-refractivity contribution in [3.63, 3.8) is 0 Å². The molecule has 2 aromatic rings. The minimum Gasteiger partial charge on any atom is -0.351 e. The van der Waals surface area contributed by atoms with Gasteiger partial charge in [0.05, 0.1) is 0 Å². The van der Waals surface area contributed by atoms with Crippen LogP contribution in [0.25, 0.3) is 0 Å². The van der Waals surface area contributed by atoms with E-state index >= 15 is 0 Å². The number of hydrogen-bond donors (Lipinski definition) is 3. The zero-order chi connectivity index (χ0) is 24.2. The molecule has 0 saturated carbocycles. The van der Waals surface area contributed by atoms with Crippen molar-refractivity contribution < 1.29 is 24.0 Å². The molecule has 34 heavy (non-hydrogen) atoms. The average molecular weight is 460 g/mol. The van der Waals surface area contributed by atoms with Gasteiger partial charge in [-0.25, -0.2) is 0 Å². The van der Waals surface area contributed by atoms with E-state index in [1.165, 1.54) is 0 Å². The quantitative estimate of drug-likeness (QED) is 0.543. The Morgan fingerprint density at radius 1 is 1.06 bits per heavy atom. The van der Waals surface area contributed by atoms with E-state index < -0.39 is 29.7 Å². The maximum atomic E-state index is 12.8. The number of hydrogen-bond acceptors (Lipinski definition) is 6. The first-order chi connectivity index (χ1) is 16.3. The van der Waals surface area contributed by atoms with E-state index in [0.29, 0.717) is 12.1 Å². The number of benzene rings is 2. The molecule has 2 aliphatic rings. The molecular formula is C25H24N4O5. The average Bonchev–Trinajstić information content (AvgIpc) is 3.07. The number of aryl methyl sites for hydroxylation is 2. The summed E-state index contributed by atoms with van der Waals surface area (Å²) in [6.07, 6.45) is 2.08. The van der Waals surface area contributed by atoms with Crippen molar-refractivity contribution in [2.24, 2.45) is 0 Å². The fourth-order valence-corrected chi connectivity index (χ4v) is 3.88. The molecule has 0 bridgehead atoms. The van der Waals surface area contributed by atoms with Gasteiger partial charge < -0.3 is 10.6 Å². The molecule has 174 valence electrons. The lowest BCUT2D eigenvalue weighted by atomic mass is 10.0. The van der Waals surface area contributed by atoms with E-state index in [9.17, 15) is 24.0 Å². The fraction of sp³-hybridized carbons (Fsp3) is 0.240. The number of rotatable bonds is 7. The van der Waals surface area contributed by atoms with Crippen LogP contribution >= 0.6 is 0 Å². The Morgan fingerprint density at radius 2 is 1.82 bits per heavy atom. The molecule has 5 amide bonds. The second kappa shape index (κ2) is 9.70. The number of imide groups is 2. The van der Waals surface area contributed by atoms with Crippen LogP contribution in [0.5, 0.6) is 0 Å². The van der Waals surface area contributed by atoms with Crippen LogP contribution < -0.4 is 16.0 Å². The Labute approximate surface area is 196 Å². The molecule has 9 nitrogen and oxygen atoms in total. The zero-order valence-electron chi connectivity index (χ0n) is 18.6. The first kappa shape index (κ1) is 22.9. The van der Waals surface area contributed by atoms with Gasteiger partial charge in [0, 0.05) is 30.3 Å². The summed E-state index contributed by atoms with van der Waals surface area (Å²) in [4.78, 5) is 61.8. The summed E-state index contributed by atoms with van der Waals surface area (Å²) in [5.74, 6) is -2.41. The summed E-state index contributed by atoms with van der Waals surface area (Å²) in [5.41, 5.74) is 3.35. The summed E-state index contributed by atoms with van der Waals surface area (Å²) in [6.45, 7) is 1.98. The van der Waals surface area contributed by atoms with Gasteiger partial charge in [0.2, 0.25) is 17.7 Å². The molecule has 1 unspecified atom stereocenters. The van der Waals surface area contributed by atoms with Crippen LogP contribution in [0.4, 0.5) is 11.4 Å². The van der Waals surface area contributed by atoms with Gasteiger partial charge in [-0.15, -0.1) is 0 Å². The van der Waals surface area contributed by atoms with E-state index in [4.69, 9.17) is 0 Å². The number of piperidine rings is 1. The number of amides is 5. The van der Waals surface area contributed by atoms with Crippen molar-refractivity contribution in [3.05, 3.63) is 71.4 Å². The lowest BCUT2D eigenvalue weighted by Gasteiger charge is -2.28. The Kier molecular flexibility index (Phi) is 6.53. The Hall–Kier alpha value is -4.27. The third-order valence-electron chi connectivity index (χ3n) is 5.66. The van der Waals surface area contributed by atoms with Crippen LogP contribution in [0.2, 0.25) is 0 Å². The van der Waals surface area contributed by atoms with Gasteiger partial charge in [0.1, 0.15) is 11.7 Å². The van der Waals surface area contributed by atoms with E-state index in [0.717, 1.165) is 27.8 Å².